The van der Waals surface area contributed by atoms with Gasteiger partial charge in [0.05, 0.1) is 0 Å². The van der Waals surface area contributed by atoms with Crippen LogP contribution in [0.1, 0.15) is 32.5 Å². The van der Waals surface area contributed by atoms with Crippen molar-refractivity contribution in [2.45, 2.75) is 33.2 Å². The van der Waals surface area contributed by atoms with E-state index in [1.165, 1.54) is 0 Å². The second-order valence-electron chi connectivity index (χ2n) is 3.46. The second kappa shape index (κ2) is 5.33. The maximum atomic E-state index is 8.45. The molecule has 0 spiro atoms. The predicted molar refractivity (Wildman–Crippen MR) is 56.6 cm³/mol. The molecule has 0 aliphatic carbocycles. The van der Waals surface area contributed by atoms with Gasteiger partial charge < -0.3 is 10.9 Å². The van der Waals surface area contributed by atoms with Crippen LogP contribution in [-0.4, -0.2) is 25.8 Å². The highest BCUT2D eigenvalue weighted by Crippen LogP contribution is 2.09. The van der Waals surface area contributed by atoms with Crippen molar-refractivity contribution >= 4 is 5.84 Å². The van der Waals surface area contributed by atoms with Crippen LogP contribution in [0.3, 0.4) is 0 Å². The first-order valence-corrected chi connectivity index (χ1v) is 5.08. The Kier molecular flexibility index (Phi) is 4.08. The van der Waals surface area contributed by atoms with Crippen molar-refractivity contribution in [2.75, 3.05) is 0 Å². The van der Waals surface area contributed by atoms with Crippen LogP contribution in [0.25, 0.3) is 0 Å². The zero-order valence-corrected chi connectivity index (χ0v) is 9.09. The largest absolute Gasteiger partial charge is 0.409 e. The number of nitrogens with two attached hydrogens (primary N) is 1. The van der Waals surface area contributed by atoms with E-state index < -0.39 is 0 Å². The highest BCUT2D eigenvalue weighted by molar-refractivity contribution is 5.93. The number of aromatic nitrogens is 3. The lowest BCUT2D eigenvalue weighted by Crippen LogP contribution is -2.16. The zero-order valence-electron chi connectivity index (χ0n) is 9.09. The number of rotatable bonds is 5. The molecule has 0 radical (unpaired) electrons. The maximum absolute atomic E-state index is 8.45. The quantitative estimate of drug-likeness (QED) is 0.326. The molecule has 1 aromatic heterocycles. The number of oxime groups is 1. The molecule has 0 saturated carbocycles. The minimum absolute atomic E-state index is 0.0571. The molecule has 0 aliphatic heterocycles. The van der Waals surface area contributed by atoms with E-state index in [9.17, 15) is 0 Å². The van der Waals surface area contributed by atoms with Crippen LogP contribution in [0.2, 0.25) is 0 Å². The number of nitrogens with zero attached hydrogens (tertiary/aromatic N) is 4. The minimum Gasteiger partial charge on any atom is -0.409 e. The van der Waals surface area contributed by atoms with Crippen molar-refractivity contribution in [3.8, 4) is 0 Å². The first kappa shape index (κ1) is 11.5. The SMILES string of the molecule is CCC(CC)Cn1cnc(C(N)=NO)n1. The average Bonchev–Trinajstić information content (AvgIpc) is 2.73. The Labute approximate surface area is 88.8 Å². The van der Waals surface area contributed by atoms with Gasteiger partial charge in [-0.2, -0.15) is 0 Å². The fourth-order valence-electron chi connectivity index (χ4n) is 1.36. The summed E-state index contributed by atoms with van der Waals surface area (Å²) < 4.78 is 1.73. The van der Waals surface area contributed by atoms with Crippen LogP contribution < -0.4 is 5.73 Å². The van der Waals surface area contributed by atoms with Crippen molar-refractivity contribution in [1.82, 2.24) is 14.8 Å². The monoisotopic (exact) mass is 211 g/mol. The molecule has 6 nitrogen and oxygen atoms in total. The van der Waals surface area contributed by atoms with Gasteiger partial charge in [-0.05, 0) is 5.92 Å². The summed E-state index contributed by atoms with van der Waals surface area (Å²) in [4.78, 5) is 3.94. The highest BCUT2D eigenvalue weighted by atomic mass is 16.4. The van der Waals surface area contributed by atoms with Gasteiger partial charge in [0.25, 0.3) is 0 Å². The van der Waals surface area contributed by atoms with Crippen molar-refractivity contribution in [1.29, 1.82) is 0 Å². The topological polar surface area (TPSA) is 89.3 Å². The Bertz CT molecular complexity index is 329. The summed E-state index contributed by atoms with van der Waals surface area (Å²) in [6, 6.07) is 0. The molecule has 0 aromatic carbocycles. The van der Waals surface area contributed by atoms with Crippen LogP contribution in [0.4, 0.5) is 0 Å². The van der Waals surface area contributed by atoms with E-state index in [2.05, 4.69) is 29.1 Å². The normalized spacial score (nSPS) is 12.3. The molecular weight excluding hydrogens is 194 g/mol. The Morgan fingerprint density at radius 2 is 2.27 bits per heavy atom. The van der Waals surface area contributed by atoms with E-state index in [1.807, 2.05) is 0 Å². The molecule has 3 N–H and O–H groups in total. The number of hydrogen-bond donors (Lipinski definition) is 2. The van der Waals surface area contributed by atoms with E-state index in [-0.39, 0.29) is 11.7 Å². The van der Waals surface area contributed by atoms with Crippen molar-refractivity contribution in [2.24, 2.45) is 16.8 Å². The van der Waals surface area contributed by atoms with Crippen molar-refractivity contribution < 1.29 is 5.21 Å². The van der Waals surface area contributed by atoms with Gasteiger partial charge in [0, 0.05) is 6.54 Å². The molecule has 6 heteroatoms. The van der Waals surface area contributed by atoms with Gasteiger partial charge in [-0.15, -0.1) is 5.10 Å². The summed E-state index contributed by atoms with van der Waals surface area (Å²) in [5.74, 6) is 0.800. The average molecular weight is 211 g/mol. The first-order chi connectivity index (χ1) is 7.21. The molecule has 0 fully saturated rings. The third-order valence-electron chi connectivity index (χ3n) is 2.47. The van der Waals surface area contributed by atoms with Crippen LogP contribution in [0, 0.1) is 5.92 Å². The van der Waals surface area contributed by atoms with Crippen LogP contribution in [-0.2, 0) is 6.54 Å². The van der Waals surface area contributed by atoms with E-state index in [0.717, 1.165) is 19.4 Å². The molecule has 0 atom stereocenters. The highest BCUT2D eigenvalue weighted by Gasteiger charge is 2.09. The summed E-state index contributed by atoms with van der Waals surface area (Å²) >= 11 is 0. The molecule has 1 heterocycles. The molecule has 0 aliphatic rings. The Morgan fingerprint density at radius 3 is 2.80 bits per heavy atom. The summed E-state index contributed by atoms with van der Waals surface area (Å²) in [5, 5.41) is 15.4. The predicted octanol–water partition coefficient (Wildman–Crippen LogP) is 0.809. The summed E-state index contributed by atoms with van der Waals surface area (Å²) in [5.41, 5.74) is 5.37. The van der Waals surface area contributed by atoms with Crippen LogP contribution in [0.5, 0.6) is 0 Å². The lowest BCUT2D eigenvalue weighted by Gasteiger charge is -2.10. The molecular formula is C9H17N5O. The fraction of sp³-hybridized carbons (Fsp3) is 0.667. The Hall–Kier alpha value is -1.59. The van der Waals surface area contributed by atoms with Crippen molar-refractivity contribution in [3.05, 3.63) is 12.2 Å². The number of hydrogen-bond acceptors (Lipinski definition) is 4. The summed E-state index contributed by atoms with van der Waals surface area (Å²) in [7, 11) is 0. The van der Waals surface area contributed by atoms with Gasteiger partial charge in [0.2, 0.25) is 11.7 Å². The second-order valence-corrected chi connectivity index (χ2v) is 3.46. The van der Waals surface area contributed by atoms with Gasteiger partial charge in [0.1, 0.15) is 6.33 Å². The van der Waals surface area contributed by atoms with Gasteiger partial charge in [-0.1, -0.05) is 31.8 Å². The molecule has 1 rings (SSSR count). The molecule has 0 unspecified atom stereocenters. The van der Waals surface area contributed by atoms with E-state index >= 15 is 0 Å². The van der Waals surface area contributed by atoms with E-state index in [0.29, 0.717) is 5.92 Å². The third-order valence-corrected chi connectivity index (χ3v) is 2.47. The number of amidine groups is 1. The smallest absolute Gasteiger partial charge is 0.219 e. The van der Waals surface area contributed by atoms with E-state index in [4.69, 9.17) is 10.9 Å². The molecule has 0 amide bonds. The maximum Gasteiger partial charge on any atom is 0.219 e. The van der Waals surface area contributed by atoms with Crippen LogP contribution >= 0.6 is 0 Å². The molecule has 15 heavy (non-hydrogen) atoms. The molecule has 1 aromatic rings. The lowest BCUT2D eigenvalue weighted by molar-refractivity contribution is 0.318. The Balaban J connectivity index is 2.68. The zero-order chi connectivity index (χ0) is 11.3. The molecule has 0 saturated heterocycles. The summed E-state index contributed by atoms with van der Waals surface area (Å²) in [6.07, 6.45) is 3.82. The first-order valence-electron chi connectivity index (χ1n) is 5.08. The standard InChI is InChI=1S/C9H17N5O/c1-3-7(4-2)5-14-6-11-9(12-14)8(10)13-15/h6-7,15H,3-5H2,1-2H3,(H2,10,13). The van der Waals surface area contributed by atoms with Crippen molar-refractivity contribution in [3.63, 3.8) is 0 Å². The fourth-order valence-corrected chi connectivity index (χ4v) is 1.36. The molecule has 84 valence electrons. The van der Waals surface area contributed by atoms with Crippen LogP contribution in [0.15, 0.2) is 11.5 Å². The van der Waals surface area contributed by atoms with E-state index in [1.54, 1.807) is 11.0 Å². The van der Waals surface area contributed by atoms with Gasteiger partial charge in [-0.3, -0.25) is 4.68 Å². The van der Waals surface area contributed by atoms with Gasteiger partial charge >= 0.3 is 0 Å². The minimum atomic E-state index is -0.0571. The van der Waals surface area contributed by atoms with Gasteiger partial charge in [-0.25, -0.2) is 4.98 Å². The Morgan fingerprint density at radius 1 is 1.60 bits per heavy atom. The van der Waals surface area contributed by atoms with Gasteiger partial charge in [0.15, 0.2) is 0 Å². The summed E-state index contributed by atoms with van der Waals surface area (Å²) in [6.45, 7) is 5.11. The third kappa shape index (κ3) is 2.93. The lowest BCUT2D eigenvalue weighted by atomic mass is 10.0. The molecule has 0 bridgehead atoms.